The van der Waals surface area contributed by atoms with Crippen LogP contribution in [0.5, 0.6) is 0 Å². The SMILES string of the molecule is Cc1ccc([C@@H](C)NC(=O)C2(CN)CC2)cc1. The molecule has 0 aliphatic heterocycles. The molecule has 1 aliphatic carbocycles. The number of carbonyl (C=O) groups is 1. The first-order valence-electron chi connectivity index (χ1n) is 6.15. The van der Waals surface area contributed by atoms with Crippen LogP contribution in [0.3, 0.4) is 0 Å². The minimum absolute atomic E-state index is 0.0483. The molecule has 3 N–H and O–H groups in total. The molecular weight excluding hydrogens is 212 g/mol. The Morgan fingerprint density at radius 1 is 1.41 bits per heavy atom. The van der Waals surface area contributed by atoms with Crippen molar-refractivity contribution in [2.75, 3.05) is 6.54 Å². The van der Waals surface area contributed by atoms with Crippen molar-refractivity contribution < 1.29 is 4.79 Å². The standard InChI is InChI=1S/C14H20N2O/c1-10-3-5-12(6-4-10)11(2)16-13(17)14(9-15)7-8-14/h3-6,11H,7-9,15H2,1-2H3,(H,16,17)/t11-/m1/s1. The first-order chi connectivity index (χ1) is 8.07. The lowest BCUT2D eigenvalue weighted by Crippen LogP contribution is -2.37. The predicted molar refractivity (Wildman–Crippen MR) is 68.5 cm³/mol. The lowest BCUT2D eigenvalue weighted by atomic mass is 10.0. The Morgan fingerprint density at radius 2 is 2.00 bits per heavy atom. The molecule has 1 amide bonds. The fraction of sp³-hybridized carbons (Fsp3) is 0.500. The predicted octanol–water partition coefficient (Wildman–Crippen LogP) is 1.91. The molecule has 1 atom stereocenters. The first-order valence-corrected chi connectivity index (χ1v) is 6.15. The molecule has 0 bridgehead atoms. The quantitative estimate of drug-likeness (QED) is 0.833. The van der Waals surface area contributed by atoms with Crippen LogP contribution in [0, 0.1) is 12.3 Å². The van der Waals surface area contributed by atoms with Gasteiger partial charge in [0.05, 0.1) is 11.5 Å². The summed E-state index contributed by atoms with van der Waals surface area (Å²) < 4.78 is 0. The van der Waals surface area contributed by atoms with Crippen LogP contribution in [0.1, 0.15) is 36.9 Å². The van der Waals surface area contributed by atoms with E-state index in [0.717, 1.165) is 18.4 Å². The Morgan fingerprint density at radius 3 is 2.47 bits per heavy atom. The van der Waals surface area contributed by atoms with Gasteiger partial charge in [-0.1, -0.05) is 29.8 Å². The maximum absolute atomic E-state index is 12.0. The van der Waals surface area contributed by atoms with Crippen LogP contribution in [0.2, 0.25) is 0 Å². The van der Waals surface area contributed by atoms with Gasteiger partial charge in [-0.2, -0.15) is 0 Å². The highest BCUT2D eigenvalue weighted by molar-refractivity contribution is 5.85. The van der Waals surface area contributed by atoms with Gasteiger partial charge in [0.2, 0.25) is 5.91 Å². The summed E-state index contributed by atoms with van der Waals surface area (Å²) in [5.41, 5.74) is 7.74. The molecule has 0 saturated heterocycles. The van der Waals surface area contributed by atoms with Crippen LogP contribution in [0.15, 0.2) is 24.3 Å². The van der Waals surface area contributed by atoms with E-state index in [-0.39, 0.29) is 17.4 Å². The first kappa shape index (κ1) is 12.1. The van der Waals surface area contributed by atoms with E-state index in [2.05, 4.69) is 36.5 Å². The van der Waals surface area contributed by atoms with Crippen molar-refractivity contribution in [3.63, 3.8) is 0 Å². The molecule has 0 heterocycles. The van der Waals surface area contributed by atoms with E-state index in [1.165, 1.54) is 5.56 Å². The van der Waals surface area contributed by atoms with E-state index in [1.807, 2.05) is 6.92 Å². The van der Waals surface area contributed by atoms with Gasteiger partial charge in [0.1, 0.15) is 0 Å². The number of nitrogens with two attached hydrogens (primary N) is 1. The van der Waals surface area contributed by atoms with Gasteiger partial charge < -0.3 is 11.1 Å². The molecule has 92 valence electrons. The minimum Gasteiger partial charge on any atom is -0.349 e. The van der Waals surface area contributed by atoms with Gasteiger partial charge in [-0.05, 0) is 32.3 Å². The summed E-state index contributed by atoms with van der Waals surface area (Å²) in [5.74, 6) is 0.105. The summed E-state index contributed by atoms with van der Waals surface area (Å²) in [6, 6.07) is 8.29. The number of carbonyl (C=O) groups excluding carboxylic acids is 1. The van der Waals surface area contributed by atoms with Crippen molar-refractivity contribution in [3.8, 4) is 0 Å². The summed E-state index contributed by atoms with van der Waals surface area (Å²) in [5, 5.41) is 3.05. The summed E-state index contributed by atoms with van der Waals surface area (Å²) in [6.07, 6.45) is 1.85. The zero-order chi connectivity index (χ0) is 12.5. The van der Waals surface area contributed by atoms with Crippen LogP contribution in [0.25, 0.3) is 0 Å². The second-order valence-electron chi connectivity index (χ2n) is 5.09. The number of rotatable bonds is 4. The van der Waals surface area contributed by atoms with E-state index in [1.54, 1.807) is 0 Å². The Hall–Kier alpha value is -1.35. The van der Waals surface area contributed by atoms with Crippen LogP contribution >= 0.6 is 0 Å². The summed E-state index contributed by atoms with van der Waals surface area (Å²) in [7, 11) is 0. The van der Waals surface area contributed by atoms with E-state index in [4.69, 9.17) is 5.73 Å². The topological polar surface area (TPSA) is 55.1 Å². The lowest BCUT2D eigenvalue weighted by Gasteiger charge is -2.18. The van der Waals surface area contributed by atoms with Crippen LogP contribution in [-0.4, -0.2) is 12.5 Å². The summed E-state index contributed by atoms with van der Waals surface area (Å²) >= 11 is 0. The number of aryl methyl sites for hydroxylation is 1. The smallest absolute Gasteiger partial charge is 0.227 e. The molecule has 1 aromatic carbocycles. The van der Waals surface area contributed by atoms with Crippen molar-refractivity contribution in [1.82, 2.24) is 5.32 Å². The monoisotopic (exact) mass is 232 g/mol. The third-order valence-corrected chi connectivity index (χ3v) is 3.65. The molecule has 3 nitrogen and oxygen atoms in total. The number of nitrogens with one attached hydrogen (secondary N) is 1. The van der Waals surface area contributed by atoms with Gasteiger partial charge in [-0.25, -0.2) is 0 Å². The molecule has 1 saturated carbocycles. The summed E-state index contributed by atoms with van der Waals surface area (Å²) in [6.45, 7) is 4.52. The maximum atomic E-state index is 12.0. The molecule has 17 heavy (non-hydrogen) atoms. The zero-order valence-corrected chi connectivity index (χ0v) is 10.5. The number of benzene rings is 1. The van der Waals surface area contributed by atoms with Gasteiger partial charge in [0, 0.05) is 6.54 Å². The normalized spacial score (nSPS) is 18.5. The molecule has 0 spiro atoms. The fourth-order valence-corrected chi connectivity index (χ4v) is 1.96. The minimum atomic E-state index is -0.265. The fourth-order valence-electron chi connectivity index (χ4n) is 1.96. The Bertz CT molecular complexity index is 407. The van der Waals surface area contributed by atoms with E-state index >= 15 is 0 Å². The molecule has 0 aromatic heterocycles. The second-order valence-corrected chi connectivity index (χ2v) is 5.09. The lowest BCUT2D eigenvalue weighted by molar-refractivity contribution is -0.126. The van der Waals surface area contributed by atoms with Crippen molar-refractivity contribution in [3.05, 3.63) is 35.4 Å². The van der Waals surface area contributed by atoms with Crippen molar-refractivity contribution in [1.29, 1.82) is 0 Å². The molecular formula is C14H20N2O. The highest BCUT2D eigenvalue weighted by Crippen LogP contribution is 2.45. The number of amides is 1. The Kier molecular flexibility index (Phi) is 3.20. The Balaban J connectivity index is 1.99. The van der Waals surface area contributed by atoms with Gasteiger partial charge >= 0.3 is 0 Å². The van der Waals surface area contributed by atoms with Gasteiger partial charge in [-0.15, -0.1) is 0 Å². The third kappa shape index (κ3) is 2.50. The number of hydrogen-bond donors (Lipinski definition) is 2. The van der Waals surface area contributed by atoms with Gasteiger partial charge in [0.25, 0.3) is 0 Å². The molecule has 0 unspecified atom stereocenters. The average Bonchev–Trinajstić information content (AvgIpc) is 3.10. The molecule has 1 aliphatic rings. The Labute approximate surface area is 102 Å². The zero-order valence-electron chi connectivity index (χ0n) is 10.5. The molecule has 2 rings (SSSR count). The second kappa shape index (κ2) is 4.49. The van der Waals surface area contributed by atoms with Crippen molar-refractivity contribution in [2.24, 2.45) is 11.1 Å². The van der Waals surface area contributed by atoms with E-state index < -0.39 is 0 Å². The van der Waals surface area contributed by atoms with Gasteiger partial charge in [-0.3, -0.25) is 4.79 Å². The highest BCUT2D eigenvalue weighted by atomic mass is 16.2. The van der Waals surface area contributed by atoms with Gasteiger partial charge in [0.15, 0.2) is 0 Å². The third-order valence-electron chi connectivity index (χ3n) is 3.65. The summed E-state index contributed by atoms with van der Waals surface area (Å²) in [4.78, 5) is 12.0. The van der Waals surface area contributed by atoms with E-state index in [9.17, 15) is 4.79 Å². The van der Waals surface area contributed by atoms with Crippen LogP contribution in [0.4, 0.5) is 0 Å². The molecule has 3 heteroatoms. The maximum Gasteiger partial charge on any atom is 0.227 e. The molecule has 1 fully saturated rings. The number of hydrogen-bond acceptors (Lipinski definition) is 2. The van der Waals surface area contributed by atoms with Crippen LogP contribution < -0.4 is 11.1 Å². The van der Waals surface area contributed by atoms with Crippen molar-refractivity contribution >= 4 is 5.91 Å². The largest absolute Gasteiger partial charge is 0.349 e. The van der Waals surface area contributed by atoms with Crippen LogP contribution in [-0.2, 0) is 4.79 Å². The van der Waals surface area contributed by atoms with Crippen molar-refractivity contribution in [2.45, 2.75) is 32.7 Å². The highest BCUT2D eigenvalue weighted by Gasteiger charge is 2.48. The average molecular weight is 232 g/mol. The molecule has 1 aromatic rings. The van der Waals surface area contributed by atoms with E-state index in [0.29, 0.717) is 6.54 Å². The molecule has 0 radical (unpaired) electrons.